The summed E-state index contributed by atoms with van der Waals surface area (Å²) in [5, 5.41) is 2.64. The van der Waals surface area contributed by atoms with Gasteiger partial charge in [-0.3, -0.25) is 4.98 Å². The molecule has 0 aliphatic carbocycles. The van der Waals surface area contributed by atoms with E-state index in [2.05, 4.69) is 26.2 Å². The number of hydrogen-bond acceptors (Lipinski definition) is 4. The van der Waals surface area contributed by atoms with E-state index in [9.17, 15) is 4.79 Å². The van der Waals surface area contributed by atoms with Crippen molar-refractivity contribution in [1.82, 2.24) is 10.3 Å². The molecule has 102 valence electrons. The van der Waals surface area contributed by atoms with Crippen molar-refractivity contribution >= 4 is 33.1 Å². The van der Waals surface area contributed by atoms with E-state index >= 15 is 0 Å². The summed E-state index contributed by atoms with van der Waals surface area (Å²) in [5.74, 6) is 0.631. The fourth-order valence-electron chi connectivity index (χ4n) is 1.51. The van der Waals surface area contributed by atoms with Crippen LogP contribution in [0.5, 0.6) is 0 Å². The number of nitrogens with one attached hydrogen (secondary N) is 1. The number of fused-ring (bicyclic) bond motifs is 1. The average Bonchev–Trinajstić information content (AvgIpc) is 2.66. The molecule has 0 fully saturated rings. The number of alkyl carbamates (subject to hydrolysis) is 1. The second-order valence-corrected chi connectivity index (χ2v) is 6.02. The lowest BCUT2D eigenvalue weighted by molar-refractivity contribution is 0.0520. The smallest absolute Gasteiger partial charge is 0.408 e. The highest BCUT2D eigenvalue weighted by molar-refractivity contribution is 9.10. The molecule has 1 N–H and O–H groups in total. The number of aromatic nitrogens is 1. The van der Waals surface area contributed by atoms with E-state index in [1.807, 2.05) is 26.8 Å². The summed E-state index contributed by atoms with van der Waals surface area (Å²) < 4.78 is 11.6. The lowest BCUT2D eigenvalue weighted by Crippen LogP contribution is -2.32. The number of furan rings is 1. The van der Waals surface area contributed by atoms with Gasteiger partial charge in [0, 0.05) is 16.7 Å². The van der Waals surface area contributed by atoms with Gasteiger partial charge in [0.15, 0.2) is 5.58 Å². The Labute approximate surface area is 119 Å². The molecule has 0 radical (unpaired) electrons. The topological polar surface area (TPSA) is 64.4 Å². The highest BCUT2D eigenvalue weighted by Crippen LogP contribution is 2.20. The first-order chi connectivity index (χ1) is 8.83. The maximum Gasteiger partial charge on any atom is 0.408 e. The van der Waals surface area contributed by atoms with Gasteiger partial charge in [0.25, 0.3) is 0 Å². The van der Waals surface area contributed by atoms with Gasteiger partial charge >= 0.3 is 6.09 Å². The number of nitrogens with zero attached hydrogens (tertiary/aromatic N) is 1. The molecular weight excluding hydrogens is 312 g/mol. The van der Waals surface area contributed by atoms with Crippen molar-refractivity contribution in [2.24, 2.45) is 0 Å². The van der Waals surface area contributed by atoms with Gasteiger partial charge in [-0.25, -0.2) is 4.79 Å². The van der Waals surface area contributed by atoms with E-state index < -0.39 is 11.7 Å². The Morgan fingerprint density at radius 1 is 1.47 bits per heavy atom. The second-order valence-electron chi connectivity index (χ2n) is 5.11. The van der Waals surface area contributed by atoms with Crippen molar-refractivity contribution in [3.05, 3.63) is 28.6 Å². The Balaban J connectivity index is 2.00. The summed E-state index contributed by atoms with van der Waals surface area (Å²) in [6.07, 6.45) is 1.23. The molecule has 0 saturated carbocycles. The third kappa shape index (κ3) is 3.96. The van der Waals surface area contributed by atoms with E-state index in [0.717, 1.165) is 9.99 Å². The zero-order valence-corrected chi connectivity index (χ0v) is 12.6. The molecule has 2 aromatic heterocycles. The van der Waals surface area contributed by atoms with Gasteiger partial charge in [0.05, 0.1) is 6.54 Å². The fourth-order valence-corrected chi connectivity index (χ4v) is 1.82. The molecule has 0 aliphatic heterocycles. The molecule has 19 heavy (non-hydrogen) atoms. The first-order valence-corrected chi connectivity index (χ1v) is 6.63. The number of ether oxygens (including phenoxy) is 1. The summed E-state index contributed by atoms with van der Waals surface area (Å²) in [6.45, 7) is 5.71. The van der Waals surface area contributed by atoms with Crippen LogP contribution in [-0.4, -0.2) is 16.7 Å². The predicted octanol–water partition coefficient (Wildman–Crippen LogP) is 3.62. The van der Waals surface area contributed by atoms with Gasteiger partial charge < -0.3 is 14.5 Å². The monoisotopic (exact) mass is 326 g/mol. The summed E-state index contributed by atoms with van der Waals surface area (Å²) in [6, 6.07) is 3.62. The third-order valence-electron chi connectivity index (χ3n) is 2.19. The number of amides is 1. The minimum Gasteiger partial charge on any atom is -0.457 e. The molecule has 2 aromatic rings. The van der Waals surface area contributed by atoms with Crippen molar-refractivity contribution in [3.63, 3.8) is 0 Å². The fraction of sp³-hybridized carbons (Fsp3) is 0.385. The molecule has 0 spiro atoms. The molecule has 0 aromatic carbocycles. The standard InChI is InChI=1S/C13H15BrN2O3/c1-13(2,3)19-12(17)16-7-9-5-10-11(18-9)4-8(14)6-15-10/h4-6H,7H2,1-3H3,(H,16,17). The van der Waals surface area contributed by atoms with Crippen LogP contribution in [0, 0.1) is 0 Å². The number of carbonyl (C=O) groups is 1. The molecule has 0 bridgehead atoms. The van der Waals surface area contributed by atoms with Gasteiger partial charge in [-0.2, -0.15) is 0 Å². The molecular formula is C13H15BrN2O3. The molecule has 5 nitrogen and oxygen atoms in total. The number of halogens is 1. The van der Waals surface area contributed by atoms with Crippen LogP contribution in [0.1, 0.15) is 26.5 Å². The van der Waals surface area contributed by atoms with Crippen molar-refractivity contribution in [1.29, 1.82) is 0 Å². The SMILES string of the molecule is CC(C)(C)OC(=O)NCc1cc2ncc(Br)cc2o1. The zero-order valence-electron chi connectivity index (χ0n) is 11.0. The number of rotatable bonds is 2. The lowest BCUT2D eigenvalue weighted by atomic mass is 10.2. The van der Waals surface area contributed by atoms with Crippen LogP contribution in [-0.2, 0) is 11.3 Å². The minimum absolute atomic E-state index is 0.267. The van der Waals surface area contributed by atoms with Gasteiger partial charge in [0.1, 0.15) is 16.9 Å². The van der Waals surface area contributed by atoms with Crippen LogP contribution >= 0.6 is 15.9 Å². The summed E-state index contributed by atoms with van der Waals surface area (Å²) in [4.78, 5) is 15.7. The predicted molar refractivity (Wildman–Crippen MR) is 74.8 cm³/mol. The Morgan fingerprint density at radius 3 is 2.89 bits per heavy atom. The van der Waals surface area contributed by atoms with Crippen molar-refractivity contribution in [2.45, 2.75) is 32.9 Å². The highest BCUT2D eigenvalue weighted by Gasteiger charge is 2.16. The van der Waals surface area contributed by atoms with Gasteiger partial charge in [-0.15, -0.1) is 0 Å². The van der Waals surface area contributed by atoms with Crippen molar-refractivity contribution in [3.8, 4) is 0 Å². The molecule has 0 atom stereocenters. The lowest BCUT2D eigenvalue weighted by Gasteiger charge is -2.19. The Morgan fingerprint density at radius 2 is 2.21 bits per heavy atom. The zero-order chi connectivity index (χ0) is 14.0. The van der Waals surface area contributed by atoms with Crippen LogP contribution < -0.4 is 5.32 Å². The third-order valence-corrected chi connectivity index (χ3v) is 2.63. The number of hydrogen-bond donors (Lipinski definition) is 1. The first-order valence-electron chi connectivity index (χ1n) is 5.84. The minimum atomic E-state index is -0.510. The first kappa shape index (κ1) is 13.9. The van der Waals surface area contributed by atoms with E-state index in [1.165, 1.54) is 0 Å². The molecule has 1 amide bonds. The maximum absolute atomic E-state index is 11.5. The number of pyridine rings is 1. The molecule has 6 heteroatoms. The Bertz CT molecular complexity index is 601. The van der Waals surface area contributed by atoms with Gasteiger partial charge in [0.2, 0.25) is 0 Å². The van der Waals surface area contributed by atoms with Crippen molar-refractivity contribution in [2.75, 3.05) is 0 Å². The molecule has 0 unspecified atom stereocenters. The van der Waals surface area contributed by atoms with Crippen LogP contribution in [0.25, 0.3) is 11.1 Å². The maximum atomic E-state index is 11.5. The second kappa shape index (κ2) is 5.21. The normalized spacial score (nSPS) is 11.6. The molecule has 2 rings (SSSR count). The average molecular weight is 327 g/mol. The van der Waals surface area contributed by atoms with Crippen molar-refractivity contribution < 1.29 is 13.9 Å². The van der Waals surface area contributed by atoms with Gasteiger partial charge in [-0.05, 0) is 42.8 Å². The van der Waals surface area contributed by atoms with E-state index in [0.29, 0.717) is 11.3 Å². The van der Waals surface area contributed by atoms with Crippen LogP contribution in [0.3, 0.4) is 0 Å². The number of carbonyl (C=O) groups excluding carboxylic acids is 1. The van der Waals surface area contributed by atoms with Crippen LogP contribution in [0.2, 0.25) is 0 Å². The summed E-state index contributed by atoms with van der Waals surface area (Å²) in [5.41, 5.74) is 0.921. The quantitative estimate of drug-likeness (QED) is 0.915. The van der Waals surface area contributed by atoms with E-state index in [1.54, 1.807) is 12.3 Å². The van der Waals surface area contributed by atoms with Crippen LogP contribution in [0.4, 0.5) is 4.79 Å². The molecule has 0 saturated heterocycles. The molecule has 0 aliphatic rings. The largest absolute Gasteiger partial charge is 0.457 e. The van der Waals surface area contributed by atoms with E-state index in [-0.39, 0.29) is 6.54 Å². The Hall–Kier alpha value is -1.56. The summed E-state index contributed by atoms with van der Waals surface area (Å²) >= 11 is 3.32. The Kier molecular flexibility index (Phi) is 3.80. The highest BCUT2D eigenvalue weighted by atomic mass is 79.9. The van der Waals surface area contributed by atoms with Gasteiger partial charge in [-0.1, -0.05) is 0 Å². The summed E-state index contributed by atoms with van der Waals surface area (Å²) in [7, 11) is 0. The van der Waals surface area contributed by atoms with Crippen LogP contribution in [0.15, 0.2) is 27.2 Å². The molecule has 2 heterocycles. The van der Waals surface area contributed by atoms with E-state index in [4.69, 9.17) is 9.15 Å².